The summed E-state index contributed by atoms with van der Waals surface area (Å²) in [6.45, 7) is 1.48. The summed E-state index contributed by atoms with van der Waals surface area (Å²) >= 11 is 0. The fourth-order valence-corrected chi connectivity index (χ4v) is 1.56. The lowest BCUT2D eigenvalue weighted by atomic mass is 10.2. The van der Waals surface area contributed by atoms with Gasteiger partial charge >= 0.3 is 0 Å². The molecule has 5 nitrogen and oxygen atoms in total. The molecule has 0 spiro atoms. The topological polar surface area (TPSA) is 71.0 Å². The highest BCUT2D eigenvalue weighted by Gasteiger charge is 2.03. The van der Waals surface area contributed by atoms with Crippen LogP contribution in [0.3, 0.4) is 0 Å². The van der Waals surface area contributed by atoms with E-state index in [4.69, 9.17) is 0 Å². The molecule has 2 N–H and O–H groups in total. The van der Waals surface area contributed by atoms with E-state index in [-0.39, 0.29) is 5.69 Å². The number of nitro benzene ring substituents is 1. The maximum absolute atomic E-state index is 10.5. The van der Waals surface area contributed by atoms with Gasteiger partial charge in [-0.25, -0.2) is 0 Å². The summed E-state index contributed by atoms with van der Waals surface area (Å²) in [5.74, 6) is 0. The first-order valence-corrected chi connectivity index (χ1v) is 5.31. The van der Waals surface area contributed by atoms with E-state index in [1.807, 2.05) is 18.5 Å². The lowest BCUT2D eigenvalue weighted by Crippen LogP contribution is -2.12. The molecule has 0 atom stereocenters. The number of rotatable bonds is 5. The summed E-state index contributed by atoms with van der Waals surface area (Å²) in [5, 5.41) is 13.7. The van der Waals surface area contributed by atoms with E-state index in [0.29, 0.717) is 6.54 Å². The van der Waals surface area contributed by atoms with Crippen LogP contribution in [0.2, 0.25) is 0 Å². The SMILES string of the molecule is O=[N+]([O-])c1ccc(CNCc2cc[nH]c2)cc1. The van der Waals surface area contributed by atoms with Gasteiger partial charge in [-0.3, -0.25) is 10.1 Å². The number of nitrogens with zero attached hydrogens (tertiary/aromatic N) is 1. The molecule has 5 heteroatoms. The van der Waals surface area contributed by atoms with Crippen molar-refractivity contribution in [3.8, 4) is 0 Å². The summed E-state index contributed by atoms with van der Waals surface area (Å²) in [7, 11) is 0. The van der Waals surface area contributed by atoms with Crippen LogP contribution in [0.5, 0.6) is 0 Å². The fourth-order valence-electron chi connectivity index (χ4n) is 1.56. The molecule has 0 aliphatic rings. The molecule has 0 saturated heterocycles. The van der Waals surface area contributed by atoms with E-state index in [2.05, 4.69) is 10.3 Å². The maximum Gasteiger partial charge on any atom is 0.269 e. The van der Waals surface area contributed by atoms with Crippen LogP contribution < -0.4 is 5.32 Å². The molecule has 0 saturated carbocycles. The third kappa shape index (κ3) is 3.15. The van der Waals surface area contributed by atoms with Gasteiger partial charge in [0.15, 0.2) is 0 Å². The molecule has 0 amide bonds. The van der Waals surface area contributed by atoms with Gasteiger partial charge in [-0.2, -0.15) is 0 Å². The molecule has 1 aromatic carbocycles. The van der Waals surface area contributed by atoms with Gasteiger partial charge in [0.05, 0.1) is 4.92 Å². The summed E-state index contributed by atoms with van der Waals surface area (Å²) in [5.41, 5.74) is 2.34. The highest BCUT2D eigenvalue weighted by Crippen LogP contribution is 2.11. The van der Waals surface area contributed by atoms with E-state index in [0.717, 1.165) is 12.1 Å². The highest BCUT2D eigenvalue weighted by atomic mass is 16.6. The Morgan fingerprint density at radius 1 is 1.12 bits per heavy atom. The van der Waals surface area contributed by atoms with Crippen LogP contribution in [0.4, 0.5) is 5.69 Å². The van der Waals surface area contributed by atoms with Crippen molar-refractivity contribution in [1.29, 1.82) is 0 Å². The van der Waals surface area contributed by atoms with Crippen LogP contribution in [0.15, 0.2) is 42.7 Å². The molecule has 17 heavy (non-hydrogen) atoms. The number of hydrogen-bond donors (Lipinski definition) is 2. The van der Waals surface area contributed by atoms with Gasteiger partial charge in [-0.1, -0.05) is 12.1 Å². The van der Waals surface area contributed by atoms with Crippen molar-refractivity contribution in [3.05, 3.63) is 64.0 Å². The summed E-state index contributed by atoms with van der Waals surface area (Å²) in [6, 6.07) is 8.58. The van der Waals surface area contributed by atoms with Gasteiger partial charge in [0.2, 0.25) is 0 Å². The van der Waals surface area contributed by atoms with Gasteiger partial charge in [-0.05, 0) is 17.2 Å². The molecule has 1 aromatic heterocycles. The van der Waals surface area contributed by atoms with Gasteiger partial charge in [0, 0.05) is 37.6 Å². The van der Waals surface area contributed by atoms with E-state index in [1.165, 1.54) is 17.7 Å². The van der Waals surface area contributed by atoms with Gasteiger partial charge in [-0.15, -0.1) is 0 Å². The Hall–Kier alpha value is -2.14. The number of nitrogens with one attached hydrogen (secondary N) is 2. The van der Waals surface area contributed by atoms with Crippen LogP contribution >= 0.6 is 0 Å². The Bertz CT molecular complexity index is 477. The normalized spacial score (nSPS) is 10.4. The second-order valence-corrected chi connectivity index (χ2v) is 3.75. The average molecular weight is 231 g/mol. The molecular formula is C12H13N3O2. The molecule has 0 radical (unpaired) electrons. The first-order valence-electron chi connectivity index (χ1n) is 5.31. The minimum absolute atomic E-state index is 0.124. The Balaban J connectivity index is 1.85. The van der Waals surface area contributed by atoms with Gasteiger partial charge in [0.1, 0.15) is 0 Å². The largest absolute Gasteiger partial charge is 0.367 e. The van der Waals surface area contributed by atoms with Crippen LogP contribution in [0, 0.1) is 10.1 Å². The van der Waals surface area contributed by atoms with Crippen molar-refractivity contribution in [3.63, 3.8) is 0 Å². The lowest BCUT2D eigenvalue weighted by molar-refractivity contribution is -0.384. The predicted molar refractivity (Wildman–Crippen MR) is 64.4 cm³/mol. The molecule has 0 aliphatic carbocycles. The van der Waals surface area contributed by atoms with E-state index < -0.39 is 4.92 Å². The lowest BCUT2D eigenvalue weighted by Gasteiger charge is -2.03. The average Bonchev–Trinajstić information content (AvgIpc) is 2.83. The zero-order valence-electron chi connectivity index (χ0n) is 9.22. The first kappa shape index (κ1) is 11.3. The Kier molecular flexibility index (Phi) is 3.52. The molecule has 0 fully saturated rings. The Labute approximate surface area is 98.6 Å². The van der Waals surface area contributed by atoms with Crippen LogP contribution in [-0.4, -0.2) is 9.91 Å². The highest BCUT2D eigenvalue weighted by molar-refractivity contribution is 5.32. The molecule has 0 unspecified atom stereocenters. The number of aromatic amines is 1. The smallest absolute Gasteiger partial charge is 0.269 e. The summed E-state index contributed by atoms with van der Waals surface area (Å²) in [4.78, 5) is 13.1. The number of H-pyrrole nitrogens is 1. The standard InChI is InChI=1S/C12H13N3O2/c16-15(17)12-3-1-10(2-4-12)7-14-9-11-5-6-13-8-11/h1-6,8,13-14H,7,9H2. The minimum Gasteiger partial charge on any atom is -0.367 e. The fraction of sp³-hybridized carbons (Fsp3) is 0.167. The van der Waals surface area contributed by atoms with Crippen molar-refractivity contribution >= 4 is 5.69 Å². The quantitative estimate of drug-likeness (QED) is 0.612. The maximum atomic E-state index is 10.5. The number of benzene rings is 1. The number of hydrogen-bond acceptors (Lipinski definition) is 3. The van der Waals surface area contributed by atoms with Crippen molar-refractivity contribution in [1.82, 2.24) is 10.3 Å². The van der Waals surface area contributed by atoms with Crippen LogP contribution in [0.1, 0.15) is 11.1 Å². The van der Waals surface area contributed by atoms with Crippen molar-refractivity contribution in [2.75, 3.05) is 0 Å². The number of nitro groups is 1. The van der Waals surface area contributed by atoms with E-state index in [9.17, 15) is 10.1 Å². The van der Waals surface area contributed by atoms with E-state index >= 15 is 0 Å². The summed E-state index contributed by atoms with van der Waals surface area (Å²) < 4.78 is 0. The third-order valence-corrected chi connectivity index (χ3v) is 2.47. The van der Waals surface area contributed by atoms with Gasteiger partial charge < -0.3 is 10.3 Å². The molecule has 1 heterocycles. The minimum atomic E-state index is -0.392. The Morgan fingerprint density at radius 3 is 2.41 bits per heavy atom. The Morgan fingerprint density at radius 2 is 1.82 bits per heavy atom. The molecular weight excluding hydrogens is 218 g/mol. The predicted octanol–water partition coefficient (Wildman–Crippen LogP) is 2.21. The zero-order valence-corrected chi connectivity index (χ0v) is 9.22. The van der Waals surface area contributed by atoms with Crippen molar-refractivity contribution in [2.45, 2.75) is 13.1 Å². The zero-order chi connectivity index (χ0) is 12.1. The molecule has 88 valence electrons. The molecule has 0 bridgehead atoms. The third-order valence-electron chi connectivity index (χ3n) is 2.47. The number of aromatic nitrogens is 1. The van der Waals surface area contributed by atoms with E-state index in [1.54, 1.807) is 12.1 Å². The second-order valence-electron chi connectivity index (χ2n) is 3.75. The van der Waals surface area contributed by atoms with Gasteiger partial charge in [0.25, 0.3) is 5.69 Å². The summed E-state index contributed by atoms with van der Waals surface area (Å²) in [6.07, 6.45) is 3.81. The molecule has 2 aromatic rings. The number of non-ortho nitro benzene ring substituents is 1. The van der Waals surface area contributed by atoms with Crippen LogP contribution in [-0.2, 0) is 13.1 Å². The molecule has 0 aliphatic heterocycles. The van der Waals surface area contributed by atoms with Crippen molar-refractivity contribution in [2.24, 2.45) is 0 Å². The second kappa shape index (κ2) is 5.27. The molecule has 2 rings (SSSR count). The van der Waals surface area contributed by atoms with Crippen molar-refractivity contribution < 1.29 is 4.92 Å². The van der Waals surface area contributed by atoms with Crippen LogP contribution in [0.25, 0.3) is 0 Å². The first-order chi connectivity index (χ1) is 8.25. The monoisotopic (exact) mass is 231 g/mol.